The quantitative estimate of drug-likeness (QED) is 0.373. The smallest absolute Gasteiger partial charge is 0.0682 e. The molecule has 0 saturated heterocycles. The topological polar surface area (TPSA) is 12.9 Å². The molecule has 146 valence electrons. The summed E-state index contributed by atoms with van der Waals surface area (Å²) in [5.41, 5.74) is 12.0. The predicted octanol–water partition coefficient (Wildman–Crippen LogP) is 8.16. The first-order valence-corrected chi connectivity index (χ1v) is 11.7. The molecule has 0 saturated carbocycles. The third kappa shape index (κ3) is 2.74. The second-order valence-electron chi connectivity index (χ2n) is 8.84. The van der Waals surface area contributed by atoms with Crippen molar-refractivity contribution >= 4 is 44.0 Å². The minimum Gasteiger partial charge on any atom is -0.257 e. The molecule has 0 N–H and O–H groups in total. The van der Waals surface area contributed by atoms with Gasteiger partial charge in [-0.05, 0) is 71.0 Å². The van der Waals surface area contributed by atoms with Crippen LogP contribution in [-0.4, -0.2) is 4.98 Å². The number of hydrogen-bond donors (Lipinski definition) is 0. The molecule has 0 radical (unpaired) electrons. The van der Waals surface area contributed by atoms with E-state index in [1.165, 1.54) is 49.0 Å². The van der Waals surface area contributed by atoms with Gasteiger partial charge in [0.25, 0.3) is 0 Å². The molecule has 3 aliphatic rings. The highest BCUT2D eigenvalue weighted by atomic mass is 79.9. The Hall–Kier alpha value is -1.71. The molecule has 2 atom stereocenters. The van der Waals surface area contributed by atoms with E-state index in [4.69, 9.17) is 0 Å². The molecule has 5 rings (SSSR count). The summed E-state index contributed by atoms with van der Waals surface area (Å²) in [6, 6.07) is 10.8. The molecule has 29 heavy (non-hydrogen) atoms. The summed E-state index contributed by atoms with van der Waals surface area (Å²) in [6.07, 6.45) is 8.90. The Morgan fingerprint density at radius 1 is 0.966 bits per heavy atom. The van der Waals surface area contributed by atoms with E-state index < -0.39 is 0 Å². The molecule has 1 aromatic heterocycles. The van der Waals surface area contributed by atoms with Crippen molar-refractivity contribution in [2.45, 2.75) is 38.4 Å². The maximum Gasteiger partial charge on any atom is 0.0682 e. The van der Waals surface area contributed by atoms with E-state index in [2.05, 4.69) is 107 Å². The molecule has 2 unspecified atom stereocenters. The van der Waals surface area contributed by atoms with Crippen molar-refractivity contribution in [2.75, 3.05) is 0 Å². The first-order valence-electron chi connectivity index (χ1n) is 10.0. The number of allylic oxidation sites excluding steroid dienone is 6. The van der Waals surface area contributed by atoms with Crippen LogP contribution in [0.4, 0.5) is 0 Å². The van der Waals surface area contributed by atoms with Crippen LogP contribution in [0.3, 0.4) is 0 Å². The molecule has 1 nitrogen and oxygen atoms in total. The normalized spacial score (nSPS) is 22.6. The zero-order valence-corrected chi connectivity index (χ0v) is 20.2. The van der Waals surface area contributed by atoms with Crippen molar-refractivity contribution in [3.8, 4) is 0 Å². The number of pyridine rings is 1. The number of nitrogens with zero attached hydrogens (tertiary/aromatic N) is 1. The van der Waals surface area contributed by atoms with Crippen molar-refractivity contribution in [1.82, 2.24) is 4.98 Å². The molecule has 3 aliphatic carbocycles. The molecule has 0 spiro atoms. The van der Waals surface area contributed by atoms with Crippen molar-refractivity contribution in [3.63, 3.8) is 0 Å². The molecule has 0 amide bonds. The zero-order valence-electron chi connectivity index (χ0n) is 17.1. The van der Waals surface area contributed by atoms with Crippen molar-refractivity contribution in [1.29, 1.82) is 0 Å². The lowest BCUT2D eigenvalue weighted by Crippen LogP contribution is -2.26. The Bertz CT molecular complexity index is 1180. The Morgan fingerprint density at radius 2 is 1.72 bits per heavy atom. The van der Waals surface area contributed by atoms with Gasteiger partial charge in [-0.2, -0.15) is 0 Å². The molecule has 3 heteroatoms. The SMILES string of the molecule is CC1=Cc2c(Br)cccc2C1C(C)(C)C1=C(C)C=C2C1=Cc1ncccc1C2Br. The maximum atomic E-state index is 4.66. The fraction of sp³-hybridized carbons (Fsp3) is 0.269. The van der Waals surface area contributed by atoms with Gasteiger partial charge in [0.2, 0.25) is 0 Å². The van der Waals surface area contributed by atoms with Crippen LogP contribution in [0.15, 0.2) is 74.9 Å². The number of fused-ring (bicyclic) bond motifs is 3. The lowest BCUT2D eigenvalue weighted by molar-refractivity contribution is 0.392. The zero-order chi connectivity index (χ0) is 20.5. The lowest BCUT2D eigenvalue weighted by Gasteiger charge is -2.38. The molecular formula is C26H23Br2N. The first-order chi connectivity index (χ1) is 13.8. The summed E-state index contributed by atoms with van der Waals surface area (Å²) in [7, 11) is 0. The van der Waals surface area contributed by atoms with Gasteiger partial charge in [0.1, 0.15) is 0 Å². The summed E-state index contributed by atoms with van der Waals surface area (Å²) in [5, 5.41) is 0. The summed E-state index contributed by atoms with van der Waals surface area (Å²) in [4.78, 5) is 4.85. The molecule has 1 heterocycles. The van der Waals surface area contributed by atoms with Crippen molar-refractivity contribution in [3.05, 3.63) is 97.3 Å². The van der Waals surface area contributed by atoms with Crippen molar-refractivity contribution in [2.24, 2.45) is 5.41 Å². The van der Waals surface area contributed by atoms with E-state index in [0.717, 1.165) is 5.69 Å². The fourth-order valence-corrected chi connectivity index (χ4v) is 6.91. The van der Waals surface area contributed by atoms with Gasteiger partial charge >= 0.3 is 0 Å². The van der Waals surface area contributed by atoms with Gasteiger partial charge in [0.05, 0.1) is 10.5 Å². The van der Waals surface area contributed by atoms with Crippen LogP contribution in [0, 0.1) is 5.41 Å². The van der Waals surface area contributed by atoms with E-state index in [1.807, 2.05) is 12.3 Å². The Balaban J connectivity index is 1.66. The minimum atomic E-state index is -0.0419. The molecule has 1 aromatic carbocycles. The lowest BCUT2D eigenvalue weighted by atomic mass is 9.65. The van der Waals surface area contributed by atoms with Crippen molar-refractivity contribution < 1.29 is 0 Å². The second kappa shape index (κ2) is 6.65. The Labute approximate surface area is 189 Å². The highest BCUT2D eigenvalue weighted by Gasteiger charge is 2.44. The third-order valence-electron chi connectivity index (χ3n) is 6.64. The highest BCUT2D eigenvalue weighted by molar-refractivity contribution is 9.10. The monoisotopic (exact) mass is 507 g/mol. The number of alkyl halides is 1. The van der Waals surface area contributed by atoms with Crippen LogP contribution in [0.2, 0.25) is 0 Å². The van der Waals surface area contributed by atoms with Crippen LogP contribution in [0.25, 0.3) is 12.2 Å². The van der Waals surface area contributed by atoms with Crippen LogP contribution in [0.5, 0.6) is 0 Å². The highest BCUT2D eigenvalue weighted by Crippen LogP contribution is 2.59. The Kier molecular flexibility index (Phi) is 4.42. The minimum absolute atomic E-state index is 0.0419. The van der Waals surface area contributed by atoms with E-state index in [9.17, 15) is 0 Å². The van der Waals surface area contributed by atoms with E-state index in [1.54, 1.807) is 0 Å². The molecule has 0 aliphatic heterocycles. The molecular weight excluding hydrogens is 486 g/mol. The number of benzene rings is 1. The summed E-state index contributed by atoms with van der Waals surface area (Å²) in [5.74, 6) is 0.354. The average molecular weight is 509 g/mol. The molecule has 0 bridgehead atoms. The predicted molar refractivity (Wildman–Crippen MR) is 129 cm³/mol. The molecule has 2 aromatic rings. The third-order valence-corrected chi connectivity index (χ3v) is 8.31. The standard InChI is InChI=1S/C26H23Br2N/c1-14-11-18-16(7-5-9-21(18)27)23(14)26(3,4)24-15(2)12-20-19(24)13-22-17(25(20)28)8-6-10-29-22/h5-13,23,25H,1-4H3. The maximum absolute atomic E-state index is 4.66. The van der Waals surface area contributed by atoms with Gasteiger partial charge < -0.3 is 0 Å². The van der Waals surface area contributed by atoms with E-state index >= 15 is 0 Å². The van der Waals surface area contributed by atoms with Gasteiger partial charge in [0.15, 0.2) is 0 Å². The largest absolute Gasteiger partial charge is 0.257 e. The van der Waals surface area contributed by atoms with Crippen LogP contribution >= 0.6 is 31.9 Å². The van der Waals surface area contributed by atoms with Gasteiger partial charge in [-0.15, -0.1) is 0 Å². The first kappa shape index (κ1) is 19.3. The summed E-state index contributed by atoms with van der Waals surface area (Å²) >= 11 is 7.71. The van der Waals surface area contributed by atoms with Crippen LogP contribution in [-0.2, 0) is 0 Å². The number of hydrogen-bond acceptors (Lipinski definition) is 1. The van der Waals surface area contributed by atoms with E-state index in [0.29, 0.717) is 5.92 Å². The summed E-state index contributed by atoms with van der Waals surface area (Å²) in [6.45, 7) is 9.34. The second-order valence-corrected chi connectivity index (χ2v) is 10.6. The van der Waals surface area contributed by atoms with Gasteiger partial charge in [-0.1, -0.05) is 81.6 Å². The number of aromatic nitrogens is 1. The van der Waals surface area contributed by atoms with Gasteiger partial charge in [-0.3, -0.25) is 4.98 Å². The van der Waals surface area contributed by atoms with Crippen LogP contribution in [0.1, 0.15) is 60.8 Å². The molecule has 0 fully saturated rings. The average Bonchev–Trinajstić information content (AvgIpc) is 3.20. The van der Waals surface area contributed by atoms with Crippen LogP contribution < -0.4 is 0 Å². The summed E-state index contributed by atoms with van der Waals surface area (Å²) < 4.78 is 1.18. The number of halogens is 2. The number of rotatable bonds is 2. The Morgan fingerprint density at radius 3 is 2.52 bits per heavy atom. The van der Waals surface area contributed by atoms with Gasteiger partial charge in [0, 0.05) is 22.0 Å². The fourth-order valence-electron chi connectivity index (χ4n) is 5.65. The van der Waals surface area contributed by atoms with E-state index in [-0.39, 0.29) is 10.2 Å². The van der Waals surface area contributed by atoms with Gasteiger partial charge in [-0.25, -0.2) is 0 Å².